The maximum Gasteiger partial charge on any atom is 0.256 e. The lowest BCUT2D eigenvalue weighted by Gasteiger charge is -2.23. The van der Waals surface area contributed by atoms with Crippen molar-refractivity contribution >= 4 is 17.8 Å². The van der Waals surface area contributed by atoms with Gasteiger partial charge in [0.2, 0.25) is 5.95 Å². The molecule has 2 aromatic heterocycles. The number of hydrogen-bond acceptors (Lipinski definition) is 6. The smallest absolute Gasteiger partial charge is 0.256 e. The summed E-state index contributed by atoms with van der Waals surface area (Å²) >= 11 is 0. The molecule has 1 saturated carbocycles. The predicted molar refractivity (Wildman–Crippen MR) is 146 cm³/mol. The van der Waals surface area contributed by atoms with Crippen molar-refractivity contribution in [2.75, 3.05) is 5.32 Å². The van der Waals surface area contributed by atoms with E-state index in [9.17, 15) is 4.79 Å². The zero-order valence-corrected chi connectivity index (χ0v) is 23.1. The van der Waals surface area contributed by atoms with E-state index in [-0.39, 0.29) is 17.4 Å². The first kappa shape index (κ1) is 29.7. The standard InChI is InChI=1S/C23H31N7O.2C2H6/c1-7-24-20(29-23(6)9-10-23)18(15(2)3)19(16(4)5)21(31)28-17-13-27-30(14-17)22-25-11-8-12-26-22;2*1-2/h7-8,11-15,29H,9-10H2,1-6H3,(H,28,31);2*1-2H3/b20-18-,24-7-;;. The van der Waals surface area contributed by atoms with Crippen molar-refractivity contribution in [3.8, 4) is 5.95 Å². The number of nitrogens with zero attached hydrogens (tertiary/aromatic N) is 5. The molecule has 8 heteroatoms. The van der Waals surface area contributed by atoms with E-state index >= 15 is 0 Å². The molecule has 1 aliphatic rings. The molecule has 0 radical (unpaired) electrons. The van der Waals surface area contributed by atoms with Gasteiger partial charge in [0.15, 0.2) is 0 Å². The molecule has 0 atom stereocenters. The third-order valence-corrected chi connectivity index (χ3v) is 5.10. The maximum atomic E-state index is 13.4. The second-order valence-electron chi connectivity index (χ2n) is 8.54. The fourth-order valence-electron chi connectivity index (χ4n) is 3.30. The highest BCUT2D eigenvalue weighted by Gasteiger charge is 2.38. The molecule has 2 heterocycles. The second-order valence-corrected chi connectivity index (χ2v) is 8.54. The Hall–Kier alpha value is -3.29. The third-order valence-electron chi connectivity index (χ3n) is 5.10. The van der Waals surface area contributed by atoms with Crippen molar-refractivity contribution in [3.05, 3.63) is 53.4 Å². The lowest BCUT2D eigenvalue weighted by Crippen LogP contribution is -2.30. The van der Waals surface area contributed by atoms with Crippen molar-refractivity contribution in [3.63, 3.8) is 0 Å². The van der Waals surface area contributed by atoms with Gasteiger partial charge in [0.25, 0.3) is 5.91 Å². The number of rotatable bonds is 8. The number of amides is 1. The van der Waals surface area contributed by atoms with Crippen LogP contribution in [-0.4, -0.2) is 37.4 Å². The molecule has 35 heavy (non-hydrogen) atoms. The number of carbonyl (C=O) groups is 1. The Balaban J connectivity index is 0.00000145. The minimum absolute atomic E-state index is 0.0437. The van der Waals surface area contributed by atoms with Crippen molar-refractivity contribution in [2.24, 2.45) is 10.9 Å². The van der Waals surface area contributed by atoms with E-state index in [1.165, 1.54) is 4.68 Å². The summed E-state index contributed by atoms with van der Waals surface area (Å²) in [5, 5.41) is 10.8. The Morgan fingerprint density at radius 1 is 1.14 bits per heavy atom. The van der Waals surface area contributed by atoms with Crippen LogP contribution in [0.15, 0.2) is 58.4 Å². The van der Waals surface area contributed by atoms with Crippen LogP contribution in [0.25, 0.3) is 5.95 Å². The molecule has 1 amide bonds. The SMILES string of the molecule is C/C=N\C(NC1(C)CC1)=C(\C(C(=O)Nc1cnn(-c2ncccn2)c1)=C(C)C)C(C)C.CC.CC. The van der Waals surface area contributed by atoms with Crippen LogP contribution in [0, 0.1) is 5.92 Å². The van der Waals surface area contributed by atoms with Gasteiger partial charge in [0, 0.05) is 35.3 Å². The summed E-state index contributed by atoms with van der Waals surface area (Å²) in [6, 6.07) is 1.74. The molecule has 0 aromatic carbocycles. The Kier molecular flexibility index (Phi) is 12.1. The van der Waals surface area contributed by atoms with Crippen LogP contribution in [0.3, 0.4) is 0 Å². The lowest BCUT2D eigenvalue weighted by molar-refractivity contribution is -0.112. The molecule has 2 N–H and O–H groups in total. The summed E-state index contributed by atoms with van der Waals surface area (Å²) in [5.74, 6) is 1.11. The number of aliphatic imine (C=N–C) groups is 1. The first-order chi connectivity index (χ1) is 16.7. The average Bonchev–Trinajstić information content (AvgIpc) is 3.39. The number of anilines is 1. The number of aromatic nitrogens is 4. The predicted octanol–water partition coefficient (Wildman–Crippen LogP) is 6.09. The van der Waals surface area contributed by atoms with Crippen molar-refractivity contribution < 1.29 is 4.79 Å². The molecule has 0 bridgehead atoms. The molecule has 0 aliphatic heterocycles. The van der Waals surface area contributed by atoms with Crippen LogP contribution in [0.4, 0.5) is 5.69 Å². The minimum Gasteiger partial charge on any atom is -0.365 e. The van der Waals surface area contributed by atoms with Gasteiger partial charge in [0.1, 0.15) is 5.82 Å². The van der Waals surface area contributed by atoms with E-state index in [1.54, 1.807) is 37.1 Å². The molecular weight excluding hydrogens is 438 g/mol. The Morgan fingerprint density at radius 3 is 2.23 bits per heavy atom. The largest absolute Gasteiger partial charge is 0.365 e. The zero-order valence-electron chi connectivity index (χ0n) is 23.1. The zero-order chi connectivity index (χ0) is 26.6. The van der Waals surface area contributed by atoms with Gasteiger partial charge in [-0.1, -0.05) is 47.1 Å². The van der Waals surface area contributed by atoms with Gasteiger partial charge >= 0.3 is 0 Å². The quantitative estimate of drug-likeness (QED) is 0.270. The number of carbonyl (C=O) groups excluding carboxylic acids is 1. The van der Waals surface area contributed by atoms with E-state index in [0.29, 0.717) is 17.2 Å². The molecule has 192 valence electrons. The van der Waals surface area contributed by atoms with Crippen LogP contribution in [0.2, 0.25) is 0 Å². The van der Waals surface area contributed by atoms with Crippen LogP contribution < -0.4 is 10.6 Å². The van der Waals surface area contributed by atoms with Gasteiger partial charge in [-0.15, -0.1) is 0 Å². The highest BCUT2D eigenvalue weighted by molar-refractivity contribution is 6.07. The van der Waals surface area contributed by atoms with Gasteiger partial charge in [-0.05, 0) is 52.5 Å². The summed E-state index contributed by atoms with van der Waals surface area (Å²) in [4.78, 5) is 26.3. The van der Waals surface area contributed by atoms with E-state index in [4.69, 9.17) is 0 Å². The molecule has 1 fully saturated rings. The monoisotopic (exact) mass is 481 g/mol. The van der Waals surface area contributed by atoms with Crippen molar-refractivity contribution in [1.29, 1.82) is 0 Å². The molecule has 0 saturated heterocycles. The summed E-state index contributed by atoms with van der Waals surface area (Å²) in [7, 11) is 0. The summed E-state index contributed by atoms with van der Waals surface area (Å²) in [6.45, 7) is 20.1. The highest BCUT2D eigenvalue weighted by Crippen LogP contribution is 2.37. The van der Waals surface area contributed by atoms with Gasteiger partial charge in [0.05, 0.1) is 18.1 Å². The molecular formula is C27H43N7O. The van der Waals surface area contributed by atoms with Crippen LogP contribution in [0.1, 0.15) is 82.1 Å². The Bertz CT molecular complexity index is 1020. The molecule has 1 aliphatic carbocycles. The van der Waals surface area contributed by atoms with Crippen LogP contribution in [0.5, 0.6) is 0 Å². The normalized spacial score (nSPS) is 14.1. The fraction of sp³-hybridized carbons (Fsp3) is 0.519. The summed E-state index contributed by atoms with van der Waals surface area (Å²) in [6.07, 6.45) is 10.5. The van der Waals surface area contributed by atoms with Gasteiger partial charge in [-0.25, -0.2) is 19.6 Å². The molecule has 8 nitrogen and oxygen atoms in total. The number of hydrogen-bond donors (Lipinski definition) is 2. The van der Waals surface area contributed by atoms with Crippen LogP contribution in [-0.2, 0) is 4.79 Å². The van der Waals surface area contributed by atoms with E-state index in [1.807, 2.05) is 48.5 Å². The van der Waals surface area contributed by atoms with Gasteiger partial charge in [-0.2, -0.15) is 5.10 Å². The average molecular weight is 482 g/mol. The number of nitrogens with one attached hydrogen (secondary N) is 2. The van der Waals surface area contributed by atoms with E-state index < -0.39 is 0 Å². The van der Waals surface area contributed by atoms with Crippen molar-refractivity contribution in [2.45, 2.75) is 87.6 Å². The van der Waals surface area contributed by atoms with E-state index in [2.05, 4.69) is 51.5 Å². The molecule has 3 rings (SSSR count). The van der Waals surface area contributed by atoms with Crippen LogP contribution >= 0.6 is 0 Å². The Morgan fingerprint density at radius 2 is 1.74 bits per heavy atom. The third kappa shape index (κ3) is 8.46. The maximum absolute atomic E-state index is 13.4. The van der Waals surface area contributed by atoms with Gasteiger partial charge in [-0.3, -0.25) is 4.79 Å². The van der Waals surface area contributed by atoms with E-state index in [0.717, 1.165) is 29.8 Å². The molecule has 0 unspecified atom stereocenters. The Labute approximate surface area is 211 Å². The molecule has 2 aromatic rings. The first-order valence-electron chi connectivity index (χ1n) is 12.6. The first-order valence-corrected chi connectivity index (χ1v) is 12.6. The van der Waals surface area contributed by atoms with Crippen molar-refractivity contribution in [1.82, 2.24) is 25.1 Å². The lowest BCUT2D eigenvalue weighted by atomic mass is 9.91. The second kappa shape index (κ2) is 14.2. The number of allylic oxidation sites excluding steroid dienone is 1. The fourth-order valence-corrected chi connectivity index (χ4v) is 3.30. The van der Waals surface area contributed by atoms with Gasteiger partial charge < -0.3 is 10.6 Å². The topological polar surface area (TPSA) is 97.1 Å². The summed E-state index contributed by atoms with van der Waals surface area (Å²) in [5.41, 5.74) is 3.08. The minimum atomic E-state index is -0.191. The summed E-state index contributed by atoms with van der Waals surface area (Å²) < 4.78 is 1.53. The molecule has 0 spiro atoms. The highest BCUT2D eigenvalue weighted by atomic mass is 16.1.